The number of aromatic amines is 1. The second kappa shape index (κ2) is 6.02. The number of pyridine rings is 2. The number of piperazine rings is 1. The molecular formula is C16H16N6O3. The quantitative estimate of drug-likeness (QED) is 0.624. The lowest BCUT2D eigenvalue weighted by molar-refractivity contribution is 0.0697. The minimum absolute atomic E-state index is 0.122. The van der Waals surface area contributed by atoms with Crippen molar-refractivity contribution in [2.75, 3.05) is 31.1 Å². The molecule has 0 saturated carbocycles. The summed E-state index contributed by atoms with van der Waals surface area (Å²) >= 11 is 0. The van der Waals surface area contributed by atoms with Gasteiger partial charge in [0.1, 0.15) is 17.2 Å². The number of rotatable bonds is 3. The van der Waals surface area contributed by atoms with Gasteiger partial charge in [0.15, 0.2) is 5.65 Å². The first-order valence-corrected chi connectivity index (χ1v) is 7.91. The van der Waals surface area contributed by atoms with Crippen LogP contribution in [0.5, 0.6) is 0 Å². The van der Waals surface area contributed by atoms with Crippen LogP contribution in [0.3, 0.4) is 0 Å². The van der Waals surface area contributed by atoms with E-state index in [2.05, 4.69) is 20.3 Å². The van der Waals surface area contributed by atoms with Gasteiger partial charge in [-0.3, -0.25) is 4.98 Å². The molecule has 1 saturated heterocycles. The van der Waals surface area contributed by atoms with Crippen LogP contribution >= 0.6 is 0 Å². The number of aromatic carboxylic acids is 1. The van der Waals surface area contributed by atoms with Gasteiger partial charge in [0.25, 0.3) is 0 Å². The summed E-state index contributed by atoms with van der Waals surface area (Å²) < 4.78 is 1.40. The predicted octanol–water partition coefficient (Wildman–Crippen LogP) is 0.217. The molecule has 0 aromatic carbocycles. The zero-order valence-electron chi connectivity index (χ0n) is 13.3. The van der Waals surface area contributed by atoms with Gasteiger partial charge in [0.05, 0.1) is 5.52 Å². The molecule has 4 heterocycles. The largest absolute Gasteiger partial charge is 0.478 e. The fourth-order valence-corrected chi connectivity index (χ4v) is 3.02. The number of hydrogen-bond acceptors (Lipinski definition) is 6. The van der Waals surface area contributed by atoms with E-state index in [0.717, 1.165) is 13.1 Å². The highest BCUT2D eigenvalue weighted by atomic mass is 16.4. The lowest BCUT2D eigenvalue weighted by Crippen LogP contribution is -2.44. The Bertz CT molecular complexity index is 1000. The predicted molar refractivity (Wildman–Crippen MR) is 91.5 cm³/mol. The van der Waals surface area contributed by atoms with E-state index in [-0.39, 0.29) is 11.3 Å². The summed E-state index contributed by atoms with van der Waals surface area (Å²) in [6, 6.07) is 6.52. The van der Waals surface area contributed by atoms with Gasteiger partial charge in [-0.2, -0.15) is 0 Å². The van der Waals surface area contributed by atoms with Gasteiger partial charge in [-0.15, -0.1) is 0 Å². The van der Waals surface area contributed by atoms with Crippen LogP contribution in [0.2, 0.25) is 0 Å². The Balaban J connectivity index is 1.89. The van der Waals surface area contributed by atoms with E-state index in [1.54, 1.807) is 18.3 Å². The van der Waals surface area contributed by atoms with Crippen LogP contribution in [-0.2, 0) is 0 Å². The van der Waals surface area contributed by atoms with Crippen molar-refractivity contribution in [3.05, 3.63) is 46.5 Å². The second-order valence-electron chi connectivity index (χ2n) is 5.72. The second-order valence-corrected chi connectivity index (χ2v) is 5.72. The zero-order valence-corrected chi connectivity index (χ0v) is 13.3. The molecule has 0 unspecified atom stereocenters. The van der Waals surface area contributed by atoms with Crippen LogP contribution in [0.25, 0.3) is 17.0 Å². The van der Waals surface area contributed by atoms with Gasteiger partial charge in [-0.1, -0.05) is 0 Å². The SMILES string of the molecule is O=C(O)c1ccc(-n2c(=O)[nH]c3ncccc32)nc1N1CCNCC1. The maximum atomic E-state index is 12.3. The molecule has 0 radical (unpaired) electrons. The maximum absolute atomic E-state index is 12.3. The molecular weight excluding hydrogens is 324 g/mol. The fourth-order valence-electron chi connectivity index (χ4n) is 3.02. The molecule has 0 aliphatic carbocycles. The third kappa shape index (κ3) is 2.64. The molecule has 128 valence electrons. The summed E-state index contributed by atoms with van der Waals surface area (Å²) in [4.78, 5) is 37.1. The summed E-state index contributed by atoms with van der Waals surface area (Å²) in [7, 11) is 0. The van der Waals surface area contributed by atoms with Crippen LogP contribution in [0.15, 0.2) is 35.3 Å². The average Bonchev–Trinajstić information content (AvgIpc) is 2.97. The minimum Gasteiger partial charge on any atom is -0.478 e. The van der Waals surface area contributed by atoms with Crippen molar-refractivity contribution in [2.24, 2.45) is 0 Å². The molecule has 1 aliphatic heterocycles. The zero-order chi connectivity index (χ0) is 17.4. The molecule has 1 fully saturated rings. The van der Waals surface area contributed by atoms with Crippen molar-refractivity contribution in [3.8, 4) is 5.82 Å². The Morgan fingerprint density at radius 1 is 1.20 bits per heavy atom. The first-order chi connectivity index (χ1) is 12.1. The molecule has 3 N–H and O–H groups in total. The number of imidazole rings is 1. The molecule has 3 aromatic rings. The Hall–Kier alpha value is -3.20. The first kappa shape index (κ1) is 15.3. The van der Waals surface area contributed by atoms with Crippen molar-refractivity contribution in [2.45, 2.75) is 0 Å². The molecule has 3 aromatic heterocycles. The van der Waals surface area contributed by atoms with Crippen LogP contribution in [0.1, 0.15) is 10.4 Å². The van der Waals surface area contributed by atoms with Gasteiger partial charge in [0, 0.05) is 32.4 Å². The number of carbonyl (C=O) groups is 1. The number of carboxylic acids is 1. The smallest absolute Gasteiger partial charge is 0.339 e. The normalized spacial score (nSPS) is 14.8. The van der Waals surface area contributed by atoms with Gasteiger partial charge in [0.2, 0.25) is 0 Å². The number of nitrogens with one attached hydrogen (secondary N) is 2. The summed E-state index contributed by atoms with van der Waals surface area (Å²) in [5.41, 5.74) is 0.807. The Morgan fingerprint density at radius 3 is 2.76 bits per heavy atom. The topological polar surface area (TPSA) is 116 Å². The van der Waals surface area contributed by atoms with Gasteiger partial charge < -0.3 is 15.3 Å². The molecule has 9 nitrogen and oxygen atoms in total. The molecule has 0 amide bonds. The first-order valence-electron chi connectivity index (χ1n) is 7.91. The Labute approximate surface area is 141 Å². The number of carboxylic acid groups (broad SMARTS) is 1. The van der Waals surface area contributed by atoms with Crippen LogP contribution in [-0.4, -0.2) is 56.8 Å². The van der Waals surface area contributed by atoms with E-state index in [1.165, 1.54) is 16.7 Å². The molecule has 0 atom stereocenters. The summed E-state index contributed by atoms with van der Waals surface area (Å²) in [5, 5.41) is 12.7. The summed E-state index contributed by atoms with van der Waals surface area (Å²) in [6.45, 7) is 2.81. The van der Waals surface area contributed by atoms with Crippen LogP contribution in [0.4, 0.5) is 5.82 Å². The highest BCUT2D eigenvalue weighted by Gasteiger charge is 2.21. The van der Waals surface area contributed by atoms with E-state index in [4.69, 9.17) is 0 Å². The van der Waals surface area contributed by atoms with Crippen LogP contribution in [0, 0.1) is 0 Å². The number of H-pyrrole nitrogens is 1. The monoisotopic (exact) mass is 340 g/mol. The average molecular weight is 340 g/mol. The Kier molecular flexibility index (Phi) is 3.69. The Morgan fingerprint density at radius 2 is 2.00 bits per heavy atom. The van der Waals surface area contributed by atoms with E-state index in [0.29, 0.717) is 35.9 Å². The third-order valence-corrected chi connectivity index (χ3v) is 4.19. The number of hydrogen-bond donors (Lipinski definition) is 3. The summed E-state index contributed by atoms with van der Waals surface area (Å²) in [5.74, 6) is -0.306. The van der Waals surface area contributed by atoms with Gasteiger partial charge in [-0.25, -0.2) is 24.1 Å². The fraction of sp³-hybridized carbons (Fsp3) is 0.250. The molecule has 9 heteroatoms. The van der Waals surface area contributed by atoms with E-state index in [1.807, 2.05) is 4.90 Å². The highest BCUT2D eigenvalue weighted by molar-refractivity contribution is 5.93. The van der Waals surface area contributed by atoms with E-state index < -0.39 is 5.97 Å². The van der Waals surface area contributed by atoms with Crippen molar-refractivity contribution in [1.82, 2.24) is 24.8 Å². The highest BCUT2D eigenvalue weighted by Crippen LogP contribution is 2.22. The van der Waals surface area contributed by atoms with E-state index >= 15 is 0 Å². The number of anilines is 1. The molecule has 1 aliphatic rings. The van der Waals surface area contributed by atoms with Crippen molar-refractivity contribution >= 4 is 23.0 Å². The number of fused-ring (bicyclic) bond motifs is 1. The number of nitrogens with zero attached hydrogens (tertiary/aromatic N) is 4. The molecule has 4 rings (SSSR count). The number of aromatic nitrogens is 4. The molecule has 25 heavy (non-hydrogen) atoms. The maximum Gasteiger partial charge on any atom is 0.339 e. The van der Waals surface area contributed by atoms with Gasteiger partial charge >= 0.3 is 11.7 Å². The standard InChI is InChI=1S/C16H16N6O3/c23-15(24)10-3-4-12(19-14(10)21-8-6-17-7-9-21)22-11-2-1-5-18-13(11)20-16(22)25/h1-5,17H,6-9H2,(H,23,24)(H,18,20,25). The lowest BCUT2D eigenvalue weighted by Gasteiger charge is -2.29. The van der Waals surface area contributed by atoms with Gasteiger partial charge in [-0.05, 0) is 24.3 Å². The molecule has 0 spiro atoms. The minimum atomic E-state index is -1.04. The van der Waals surface area contributed by atoms with E-state index in [9.17, 15) is 14.7 Å². The van der Waals surface area contributed by atoms with Crippen LogP contribution < -0.4 is 15.9 Å². The molecule has 0 bridgehead atoms. The summed E-state index contributed by atoms with van der Waals surface area (Å²) in [6.07, 6.45) is 1.59. The lowest BCUT2D eigenvalue weighted by atomic mass is 10.2. The van der Waals surface area contributed by atoms with Crippen molar-refractivity contribution in [1.29, 1.82) is 0 Å². The van der Waals surface area contributed by atoms with Crippen molar-refractivity contribution in [3.63, 3.8) is 0 Å². The van der Waals surface area contributed by atoms with Crippen molar-refractivity contribution < 1.29 is 9.90 Å². The third-order valence-electron chi connectivity index (χ3n) is 4.19.